The quantitative estimate of drug-likeness (QED) is 0.810. The Morgan fingerprint density at radius 1 is 1.25 bits per heavy atom. The molecule has 6 atom stereocenters. The molecule has 1 fully saturated rings. The lowest BCUT2D eigenvalue weighted by Gasteiger charge is -2.36. The Hall–Kier alpha value is -1.61. The number of aliphatic hydroxyl groups excluding tert-OH is 1. The molecule has 0 heterocycles. The van der Waals surface area contributed by atoms with E-state index in [4.69, 9.17) is 0 Å². The predicted molar refractivity (Wildman–Crippen MR) is 96.2 cm³/mol. The third-order valence-corrected chi connectivity index (χ3v) is 6.11. The van der Waals surface area contributed by atoms with E-state index in [9.17, 15) is 9.90 Å². The minimum atomic E-state index is -0.104. The van der Waals surface area contributed by atoms with E-state index in [-0.39, 0.29) is 30.4 Å². The lowest BCUT2D eigenvalue weighted by atomic mass is 9.69. The van der Waals surface area contributed by atoms with Gasteiger partial charge in [0.2, 0.25) is 5.91 Å². The number of hydrogen-bond donors (Lipinski definition) is 2. The molecule has 3 rings (SSSR count). The van der Waals surface area contributed by atoms with Crippen LogP contribution in [0.4, 0.5) is 0 Å². The molecule has 0 aliphatic heterocycles. The number of hydrogen-bond acceptors (Lipinski definition) is 2. The zero-order chi connectivity index (χ0) is 17.1. The highest BCUT2D eigenvalue weighted by Crippen LogP contribution is 2.48. The van der Waals surface area contributed by atoms with Crippen LogP contribution in [-0.4, -0.2) is 17.6 Å². The Morgan fingerprint density at radius 3 is 2.67 bits per heavy atom. The first kappa shape index (κ1) is 17.2. The molecular weight excluding hydrogens is 298 g/mol. The van der Waals surface area contributed by atoms with Crippen LogP contribution in [0.2, 0.25) is 0 Å². The number of nitrogens with one attached hydrogen (secondary N) is 1. The van der Waals surface area contributed by atoms with Gasteiger partial charge in [-0.2, -0.15) is 0 Å². The molecule has 24 heavy (non-hydrogen) atoms. The van der Waals surface area contributed by atoms with Crippen molar-refractivity contribution in [3.8, 4) is 0 Å². The fourth-order valence-corrected chi connectivity index (χ4v) is 4.74. The van der Waals surface area contributed by atoms with E-state index < -0.39 is 0 Å². The molecule has 130 valence electrons. The average Bonchev–Trinajstić information content (AvgIpc) is 3.04. The molecule has 3 heteroatoms. The van der Waals surface area contributed by atoms with Crippen LogP contribution in [0.5, 0.6) is 0 Å². The second-order valence-electron chi connectivity index (χ2n) is 7.38. The van der Waals surface area contributed by atoms with Crippen molar-refractivity contribution in [2.45, 2.75) is 39.2 Å². The van der Waals surface area contributed by atoms with Gasteiger partial charge >= 0.3 is 0 Å². The van der Waals surface area contributed by atoms with Crippen molar-refractivity contribution in [1.82, 2.24) is 5.32 Å². The molecule has 0 spiro atoms. The van der Waals surface area contributed by atoms with Gasteiger partial charge in [-0.15, -0.1) is 0 Å². The second kappa shape index (κ2) is 7.52. The Bertz CT molecular complexity index is 583. The van der Waals surface area contributed by atoms with E-state index in [1.54, 1.807) is 0 Å². The van der Waals surface area contributed by atoms with Crippen molar-refractivity contribution in [3.63, 3.8) is 0 Å². The van der Waals surface area contributed by atoms with Gasteiger partial charge in [0.05, 0.1) is 12.6 Å². The summed E-state index contributed by atoms with van der Waals surface area (Å²) in [6.07, 6.45) is 7.84. The zero-order valence-corrected chi connectivity index (χ0v) is 14.7. The van der Waals surface area contributed by atoms with Crippen molar-refractivity contribution in [1.29, 1.82) is 0 Å². The molecule has 2 aliphatic carbocycles. The summed E-state index contributed by atoms with van der Waals surface area (Å²) in [5.41, 5.74) is 1.12. The van der Waals surface area contributed by atoms with Gasteiger partial charge in [-0.1, -0.05) is 55.8 Å². The first-order chi connectivity index (χ1) is 11.7. The summed E-state index contributed by atoms with van der Waals surface area (Å²) in [5.74, 6) is 1.51. The predicted octanol–water partition coefficient (Wildman–Crippen LogP) is 3.71. The maximum Gasteiger partial charge on any atom is 0.224 e. The summed E-state index contributed by atoms with van der Waals surface area (Å²) in [6, 6.07) is 10.1. The van der Waals surface area contributed by atoms with E-state index in [1.165, 1.54) is 12.8 Å². The second-order valence-corrected chi connectivity index (χ2v) is 7.38. The maximum atomic E-state index is 13.0. The first-order valence-electron chi connectivity index (χ1n) is 9.30. The van der Waals surface area contributed by atoms with Gasteiger partial charge in [-0.25, -0.2) is 0 Å². The van der Waals surface area contributed by atoms with Crippen LogP contribution in [-0.2, 0) is 4.79 Å². The van der Waals surface area contributed by atoms with Crippen LogP contribution >= 0.6 is 0 Å². The summed E-state index contributed by atoms with van der Waals surface area (Å²) in [6.45, 7) is 4.32. The molecule has 0 radical (unpaired) electrons. The molecule has 0 aromatic heterocycles. The first-order valence-corrected chi connectivity index (χ1v) is 9.30. The molecule has 0 unspecified atom stereocenters. The van der Waals surface area contributed by atoms with Gasteiger partial charge in [0.25, 0.3) is 0 Å². The van der Waals surface area contributed by atoms with Crippen LogP contribution in [0.1, 0.15) is 44.7 Å². The molecule has 2 N–H and O–H groups in total. The van der Waals surface area contributed by atoms with Gasteiger partial charge in [-0.3, -0.25) is 4.79 Å². The summed E-state index contributed by atoms with van der Waals surface area (Å²) in [4.78, 5) is 13.0. The van der Waals surface area contributed by atoms with Crippen LogP contribution < -0.4 is 5.32 Å². The van der Waals surface area contributed by atoms with Crippen LogP contribution in [0.25, 0.3) is 0 Å². The summed E-state index contributed by atoms with van der Waals surface area (Å²) in [5, 5.41) is 13.0. The summed E-state index contributed by atoms with van der Waals surface area (Å²) < 4.78 is 0. The highest BCUT2D eigenvalue weighted by atomic mass is 16.3. The highest BCUT2D eigenvalue weighted by Gasteiger charge is 2.46. The highest BCUT2D eigenvalue weighted by molar-refractivity contribution is 5.80. The Kier molecular flexibility index (Phi) is 5.40. The van der Waals surface area contributed by atoms with E-state index >= 15 is 0 Å². The number of rotatable bonds is 5. The largest absolute Gasteiger partial charge is 0.396 e. The van der Waals surface area contributed by atoms with E-state index in [2.05, 4.69) is 24.4 Å². The molecule has 2 aliphatic rings. The molecule has 0 bridgehead atoms. The normalized spacial score (nSPS) is 33.0. The molecule has 3 nitrogen and oxygen atoms in total. The summed E-state index contributed by atoms with van der Waals surface area (Å²) in [7, 11) is 0. The Morgan fingerprint density at radius 2 is 2.00 bits per heavy atom. The molecule has 1 aromatic carbocycles. The number of allylic oxidation sites excluding steroid dienone is 1. The van der Waals surface area contributed by atoms with Crippen molar-refractivity contribution in [3.05, 3.63) is 48.0 Å². The van der Waals surface area contributed by atoms with Crippen molar-refractivity contribution in [2.24, 2.45) is 29.6 Å². The number of aliphatic hydroxyl groups is 1. The average molecular weight is 327 g/mol. The smallest absolute Gasteiger partial charge is 0.224 e. The van der Waals surface area contributed by atoms with E-state index in [0.29, 0.717) is 17.8 Å². The van der Waals surface area contributed by atoms with Gasteiger partial charge < -0.3 is 10.4 Å². The maximum absolute atomic E-state index is 13.0. The standard InChI is InChI=1S/C21H29NO2/c1-3-15-9-12-19-18(15)11-10-17(13-23)20(19)21(24)22-14(2)16-7-5-4-6-8-16/h4-8,10-11,14-15,17-20,23H,3,9,12-13H2,1-2H3,(H,22,24)/t14-,15-,17-,18+,19+,20+/m0/s1. The molecule has 0 saturated heterocycles. The number of amides is 1. The van der Waals surface area contributed by atoms with Crippen LogP contribution in [0, 0.1) is 29.6 Å². The number of fused-ring (bicyclic) bond motifs is 1. The van der Waals surface area contributed by atoms with Gasteiger partial charge in [0.15, 0.2) is 0 Å². The molecular formula is C21H29NO2. The molecule has 1 aromatic rings. The topological polar surface area (TPSA) is 49.3 Å². The zero-order valence-electron chi connectivity index (χ0n) is 14.7. The molecule has 1 saturated carbocycles. The van der Waals surface area contributed by atoms with Crippen LogP contribution in [0.3, 0.4) is 0 Å². The van der Waals surface area contributed by atoms with E-state index in [1.807, 2.05) is 37.3 Å². The van der Waals surface area contributed by atoms with Gasteiger partial charge in [-0.05, 0) is 43.1 Å². The van der Waals surface area contributed by atoms with Crippen molar-refractivity contribution in [2.75, 3.05) is 6.61 Å². The number of carbonyl (C=O) groups excluding carboxylic acids is 1. The Labute approximate surface area is 145 Å². The van der Waals surface area contributed by atoms with E-state index in [0.717, 1.165) is 12.0 Å². The third-order valence-electron chi connectivity index (χ3n) is 6.11. The lowest BCUT2D eigenvalue weighted by Crippen LogP contribution is -2.44. The SMILES string of the molecule is CC[C@H]1CC[C@@H]2[C@@H]1C=C[C@@H](CO)[C@H]2C(=O)N[C@@H](C)c1ccccc1. The van der Waals surface area contributed by atoms with Crippen molar-refractivity contribution >= 4 is 5.91 Å². The van der Waals surface area contributed by atoms with Gasteiger partial charge in [0, 0.05) is 11.8 Å². The fraction of sp³-hybridized carbons (Fsp3) is 0.571. The van der Waals surface area contributed by atoms with Gasteiger partial charge in [0.1, 0.15) is 0 Å². The Balaban J connectivity index is 1.75. The van der Waals surface area contributed by atoms with Crippen molar-refractivity contribution < 1.29 is 9.90 Å². The summed E-state index contributed by atoms with van der Waals surface area (Å²) >= 11 is 0. The third kappa shape index (κ3) is 3.27. The minimum absolute atomic E-state index is 0.00854. The number of carbonyl (C=O) groups is 1. The number of benzene rings is 1. The monoisotopic (exact) mass is 327 g/mol. The molecule has 1 amide bonds. The minimum Gasteiger partial charge on any atom is -0.396 e. The lowest BCUT2D eigenvalue weighted by molar-refractivity contribution is -0.130. The van der Waals surface area contributed by atoms with Crippen LogP contribution in [0.15, 0.2) is 42.5 Å². The fourth-order valence-electron chi connectivity index (χ4n) is 4.74.